The van der Waals surface area contributed by atoms with Crippen LogP contribution in [-0.4, -0.2) is 107 Å². The molecule has 16 nitrogen and oxygen atoms in total. The molecule has 3 N–H and O–H groups in total. The maximum absolute atomic E-state index is 14.9. The van der Waals surface area contributed by atoms with Crippen molar-refractivity contribution in [3.8, 4) is 0 Å². The van der Waals surface area contributed by atoms with Crippen molar-refractivity contribution in [1.82, 2.24) is 30.5 Å². The number of ether oxygens (including phenoxy) is 4. The summed E-state index contributed by atoms with van der Waals surface area (Å²) in [5, 5.41) is 10.5. The van der Waals surface area contributed by atoms with Crippen molar-refractivity contribution in [1.29, 1.82) is 0 Å². The zero-order valence-electron chi connectivity index (χ0n) is 36.7. The summed E-state index contributed by atoms with van der Waals surface area (Å²) < 4.78 is 23.2. The van der Waals surface area contributed by atoms with E-state index in [4.69, 9.17) is 18.9 Å². The molecule has 17 heteroatoms. The molecular weight excluding hydrogens is 803 g/mol. The van der Waals surface area contributed by atoms with Crippen LogP contribution in [0.25, 0.3) is 10.2 Å². The number of methoxy groups -OCH3 is 1. The molecular formula is C44H59N7O9S. The number of carbonyl (C=O) groups excluding carboxylic acids is 5. The van der Waals surface area contributed by atoms with Crippen LogP contribution in [-0.2, 0) is 48.0 Å². The molecule has 2 atom stereocenters. The molecule has 61 heavy (non-hydrogen) atoms. The Morgan fingerprint density at radius 2 is 1.52 bits per heavy atom. The lowest BCUT2D eigenvalue weighted by molar-refractivity contribution is -0.154. The maximum Gasteiger partial charge on any atom is 0.429 e. The lowest BCUT2D eigenvalue weighted by Gasteiger charge is -2.34. The fourth-order valence-corrected chi connectivity index (χ4v) is 6.84. The van der Waals surface area contributed by atoms with Crippen molar-refractivity contribution < 1.29 is 42.9 Å². The number of amides is 6. The molecule has 1 aromatic heterocycles. The predicted octanol–water partition coefficient (Wildman–Crippen LogP) is 7.01. The molecule has 6 amide bonds. The molecule has 0 saturated carbocycles. The van der Waals surface area contributed by atoms with Gasteiger partial charge in [-0.05, 0) is 78.1 Å². The Morgan fingerprint density at radius 1 is 0.852 bits per heavy atom. The maximum atomic E-state index is 14.9. The van der Waals surface area contributed by atoms with Gasteiger partial charge in [0.25, 0.3) is 0 Å². The quantitative estimate of drug-likeness (QED) is 0.0784. The van der Waals surface area contributed by atoms with E-state index in [1.54, 1.807) is 41.5 Å². The van der Waals surface area contributed by atoms with Gasteiger partial charge in [0.1, 0.15) is 23.8 Å². The van der Waals surface area contributed by atoms with Crippen LogP contribution in [0, 0.1) is 6.92 Å². The van der Waals surface area contributed by atoms with E-state index in [0.29, 0.717) is 22.8 Å². The van der Waals surface area contributed by atoms with Crippen LogP contribution < -0.4 is 16.0 Å². The van der Waals surface area contributed by atoms with Gasteiger partial charge in [-0.3, -0.25) is 14.9 Å². The van der Waals surface area contributed by atoms with Gasteiger partial charge in [0.2, 0.25) is 11.8 Å². The van der Waals surface area contributed by atoms with E-state index in [0.717, 1.165) is 31.4 Å². The van der Waals surface area contributed by atoms with E-state index in [9.17, 15) is 24.0 Å². The van der Waals surface area contributed by atoms with E-state index in [1.165, 1.54) is 30.4 Å². The highest BCUT2D eigenvalue weighted by Gasteiger charge is 2.33. The summed E-state index contributed by atoms with van der Waals surface area (Å²) in [4.78, 5) is 74.8. The standard InChI is InChI=1S/C44H59N7O9S/c1-11-58-36(57-10)28-50(26-32-18-15-19-34-37(32)47-39(61-34)48-41(55)59-43(3,4)5)38(53)33(24-30-22-20-29(2)21-23-30)46-35(52)27-51(42(56)60-44(6,7)8)49(9)40(54)45-25-31-16-13-12-14-17-31/h12-23,33,36H,11,24-28H2,1-10H3,(H,45,54)(H,46,52)(H,47,48,55)/t33-,36?/m0/s1. The van der Waals surface area contributed by atoms with Gasteiger partial charge >= 0.3 is 18.2 Å². The summed E-state index contributed by atoms with van der Waals surface area (Å²) in [6.07, 6.45) is -2.34. The van der Waals surface area contributed by atoms with Crippen molar-refractivity contribution >= 4 is 56.7 Å². The van der Waals surface area contributed by atoms with Crippen LogP contribution in [0.15, 0.2) is 72.8 Å². The number of hydrogen-bond donors (Lipinski definition) is 3. The number of anilines is 1. The summed E-state index contributed by atoms with van der Waals surface area (Å²) in [6.45, 7) is 13.9. The van der Waals surface area contributed by atoms with Gasteiger partial charge in [-0.15, -0.1) is 0 Å². The number of hydrogen-bond acceptors (Lipinski definition) is 11. The largest absolute Gasteiger partial charge is 0.444 e. The average molecular weight is 862 g/mol. The van der Waals surface area contributed by atoms with E-state index < -0.39 is 60.1 Å². The van der Waals surface area contributed by atoms with Crippen LogP contribution in [0.1, 0.15) is 70.7 Å². The van der Waals surface area contributed by atoms with Crippen LogP contribution in [0.2, 0.25) is 0 Å². The van der Waals surface area contributed by atoms with Crippen molar-refractivity contribution in [2.45, 2.75) is 98.4 Å². The van der Waals surface area contributed by atoms with Gasteiger partial charge in [0.05, 0.1) is 16.8 Å². The highest BCUT2D eigenvalue weighted by atomic mass is 32.1. The Morgan fingerprint density at radius 3 is 2.15 bits per heavy atom. The van der Waals surface area contributed by atoms with Gasteiger partial charge in [0, 0.05) is 40.3 Å². The summed E-state index contributed by atoms with van der Waals surface area (Å²) in [7, 11) is 2.82. The van der Waals surface area contributed by atoms with E-state index in [2.05, 4.69) is 20.9 Å². The number of thiazole rings is 1. The minimum atomic E-state index is -1.16. The second-order valence-electron chi connectivity index (χ2n) is 16.3. The van der Waals surface area contributed by atoms with Crippen LogP contribution >= 0.6 is 11.3 Å². The zero-order valence-corrected chi connectivity index (χ0v) is 37.5. The van der Waals surface area contributed by atoms with E-state index in [1.807, 2.05) is 86.6 Å². The summed E-state index contributed by atoms with van der Waals surface area (Å²) >= 11 is 1.25. The molecule has 4 rings (SSSR count). The number of benzene rings is 3. The van der Waals surface area contributed by atoms with Gasteiger partial charge in [0.15, 0.2) is 11.4 Å². The third-order valence-corrected chi connectivity index (χ3v) is 9.74. The second-order valence-corrected chi connectivity index (χ2v) is 17.3. The molecule has 0 spiro atoms. The number of fused-ring (bicyclic) bond motifs is 1. The first-order chi connectivity index (χ1) is 28.7. The molecule has 3 aromatic carbocycles. The summed E-state index contributed by atoms with van der Waals surface area (Å²) in [5.41, 5.74) is 2.15. The molecule has 0 bridgehead atoms. The molecule has 0 aliphatic rings. The number of aromatic nitrogens is 1. The molecule has 0 radical (unpaired) electrons. The molecule has 0 aliphatic carbocycles. The van der Waals surface area contributed by atoms with Gasteiger partial charge in [-0.1, -0.05) is 83.6 Å². The Hall–Kier alpha value is -5.78. The predicted molar refractivity (Wildman–Crippen MR) is 234 cm³/mol. The summed E-state index contributed by atoms with van der Waals surface area (Å²) in [5.74, 6) is -1.21. The Labute approximate surface area is 361 Å². The first-order valence-corrected chi connectivity index (χ1v) is 20.8. The fraction of sp³-hybridized carbons (Fsp3) is 0.455. The number of aryl methyl sites for hydroxylation is 1. The lowest BCUT2D eigenvalue weighted by Crippen LogP contribution is -2.57. The van der Waals surface area contributed by atoms with Crippen molar-refractivity contribution in [2.24, 2.45) is 0 Å². The third-order valence-electron chi connectivity index (χ3n) is 8.80. The topological polar surface area (TPSA) is 181 Å². The SMILES string of the molecule is CCOC(CN(Cc1cccc2sc(NC(=O)OC(C)(C)C)nc12)C(=O)[C@H](Cc1ccc(C)cc1)NC(=O)CN(C(=O)OC(C)(C)C)N(C)C(=O)NCc1ccccc1)OC. The van der Waals surface area contributed by atoms with E-state index >= 15 is 0 Å². The monoisotopic (exact) mass is 861 g/mol. The number of carbonyl (C=O) groups is 5. The number of rotatable bonds is 16. The Balaban J connectivity index is 1.67. The van der Waals surface area contributed by atoms with Crippen LogP contribution in [0.5, 0.6) is 0 Å². The van der Waals surface area contributed by atoms with E-state index in [-0.39, 0.29) is 26.1 Å². The molecule has 1 unspecified atom stereocenters. The fourth-order valence-electron chi connectivity index (χ4n) is 5.94. The number of nitrogens with zero attached hydrogens (tertiary/aromatic N) is 4. The number of hydrazine groups is 1. The van der Waals surface area contributed by atoms with Crippen molar-refractivity contribution in [2.75, 3.05) is 39.2 Å². The average Bonchev–Trinajstić information content (AvgIpc) is 3.60. The van der Waals surface area contributed by atoms with Crippen LogP contribution in [0.3, 0.4) is 0 Å². The first-order valence-electron chi connectivity index (χ1n) is 20.0. The third kappa shape index (κ3) is 15.3. The number of para-hydroxylation sites is 1. The number of urea groups is 1. The highest BCUT2D eigenvalue weighted by molar-refractivity contribution is 7.22. The molecule has 0 saturated heterocycles. The molecule has 330 valence electrons. The molecule has 0 aliphatic heterocycles. The highest BCUT2D eigenvalue weighted by Crippen LogP contribution is 2.30. The van der Waals surface area contributed by atoms with Gasteiger partial charge in [-0.25, -0.2) is 29.4 Å². The minimum absolute atomic E-state index is 0.0212. The molecule has 1 heterocycles. The molecule has 0 fully saturated rings. The zero-order chi connectivity index (χ0) is 44.9. The molecule has 4 aromatic rings. The Bertz CT molecular complexity index is 2100. The first kappa shape index (κ1) is 47.9. The summed E-state index contributed by atoms with van der Waals surface area (Å²) in [6, 6.07) is 20.5. The van der Waals surface area contributed by atoms with Gasteiger partial charge < -0.3 is 34.5 Å². The lowest BCUT2D eigenvalue weighted by atomic mass is 10.0. The minimum Gasteiger partial charge on any atom is -0.444 e. The van der Waals surface area contributed by atoms with Crippen LogP contribution in [0.4, 0.5) is 19.5 Å². The normalized spacial score (nSPS) is 12.5. The van der Waals surface area contributed by atoms with Crippen molar-refractivity contribution in [3.63, 3.8) is 0 Å². The smallest absolute Gasteiger partial charge is 0.429 e. The number of nitrogens with one attached hydrogen (secondary N) is 3. The van der Waals surface area contributed by atoms with Gasteiger partial charge in [-0.2, -0.15) is 0 Å². The Kier molecular flexibility index (Phi) is 17.0. The second kappa shape index (κ2) is 21.7. The van der Waals surface area contributed by atoms with Crippen molar-refractivity contribution in [3.05, 3.63) is 95.1 Å².